The van der Waals surface area contributed by atoms with Crippen LogP contribution in [0.4, 0.5) is 15.6 Å². The third-order valence-electron chi connectivity index (χ3n) is 3.80. The van der Waals surface area contributed by atoms with Crippen LogP contribution in [0.15, 0.2) is 28.7 Å². The number of azide groups is 1. The molecule has 8 nitrogen and oxygen atoms in total. The van der Waals surface area contributed by atoms with E-state index in [4.69, 9.17) is 5.53 Å². The molecule has 0 saturated heterocycles. The zero-order valence-electron chi connectivity index (χ0n) is 15.4. The van der Waals surface area contributed by atoms with E-state index < -0.39 is 6.03 Å². The molecule has 2 aromatic rings. The van der Waals surface area contributed by atoms with Gasteiger partial charge >= 0.3 is 6.03 Å². The number of hydrogen-bond donors (Lipinski definition) is 2. The number of anilines is 2. The molecule has 0 atom stereocenters. The van der Waals surface area contributed by atoms with Crippen molar-refractivity contribution in [2.75, 3.05) is 10.6 Å². The maximum atomic E-state index is 12.5. The summed E-state index contributed by atoms with van der Waals surface area (Å²) in [5, 5.41) is 10.9. The first kappa shape index (κ1) is 20.4. The first-order valence-corrected chi connectivity index (χ1v) is 9.58. The van der Waals surface area contributed by atoms with Crippen molar-refractivity contribution in [2.45, 2.75) is 46.1 Å². The summed E-state index contributed by atoms with van der Waals surface area (Å²) in [5.74, 6) is 0.0216. The molecule has 0 fully saturated rings. The first-order valence-electron chi connectivity index (χ1n) is 8.70. The summed E-state index contributed by atoms with van der Waals surface area (Å²) in [6, 6.07) is 4.90. The van der Waals surface area contributed by atoms with E-state index >= 15 is 0 Å². The summed E-state index contributed by atoms with van der Waals surface area (Å²) < 4.78 is 0. The number of urea groups is 1. The van der Waals surface area contributed by atoms with Crippen molar-refractivity contribution in [3.05, 3.63) is 50.8 Å². The number of nitrogens with one attached hydrogen (secondary N) is 2. The number of Topliss-reactive ketones (excluding diaryl/α,β-unsaturated/α-hetero) is 1. The van der Waals surface area contributed by atoms with Crippen LogP contribution in [0.3, 0.4) is 0 Å². The standard InChI is InChI=1S/C18H22N6O2S/c1-3-4-5-6-16(25)14-9-12(2)7-8-15(14)22-17(26)23-18-21-13(11-27-18)10-20-24-19/h7-9,11H,3-6,10H2,1-2H3,(H2,21,22,23,26). The van der Waals surface area contributed by atoms with Gasteiger partial charge in [-0.05, 0) is 31.0 Å². The Bertz CT molecular complexity index is 857. The highest BCUT2D eigenvalue weighted by atomic mass is 32.1. The number of carbonyl (C=O) groups excluding carboxylic acids is 2. The number of thiazole rings is 1. The number of aromatic nitrogens is 1. The number of nitrogens with zero attached hydrogens (tertiary/aromatic N) is 4. The van der Waals surface area contributed by atoms with Gasteiger partial charge in [0, 0.05) is 22.3 Å². The Labute approximate surface area is 161 Å². The molecule has 2 amide bonds. The largest absolute Gasteiger partial charge is 0.325 e. The molecule has 0 aliphatic rings. The molecular weight excluding hydrogens is 364 g/mol. The van der Waals surface area contributed by atoms with Gasteiger partial charge in [-0.1, -0.05) is 36.5 Å². The topological polar surface area (TPSA) is 120 Å². The molecule has 27 heavy (non-hydrogen) atoms. The predicted molar refractivity (Wildman–Crippen MR) is 107 cm³/mol. The van der Waals surface area contributed by atoms with Crippen molar-refractivity contribution in [1.29, 1.82) is 0 Å². The Morgan fingerprint density at radius 1 is 1.30 bits per heavy atom. The molecule has 0 aliphatic carbocycles. The summed E-state index contributed by atoms with van der Waals surface area (Å²) in [4.78, 5) is 31.6. The van der Waals surface area contributed by atoms with Crippen molar-refractivity contribution in [3.8, 4) is 0 Å². The van der Waals surface area contributed by atoms with E-state index in [-0.39, 0.29) is 12.3 Å². The molecule has 2 rings (SSSR count). The van der Waals surface area contributed by atoms with Crippen molar-refractivity contribution in [2.24, 2.45) is 5.11 Å². The monoisotopic (exact) mass is 386 g/mol. The van der Waals surface area contributed by atoms with Gasteiger partial charge in [0.05, 0.1) is 17.9 Å². The highest BCUT2D eigenvalue weighted by Gasteiger charge is 2.14. The number of unbranched alkanes of at least 4 members (excludes halogenated alkanes) is 2. The quantitative estimate of drug-likeness (QED) is 0.190. The number of rotatable bonds is 9. The lowest BCUT2D eigenvalue weighted by Crippen LogP contribution is -2.21. The van der Waals surface area contributed by atoms with Crippen LogP contribution in [-0.2, 0) is 6.54 Å². The molecule has 0 bridgehead atoms. The van der Waals surface area contributed by atoms with E-state index in [9.17, 15) is 9.59 Å². The van der Waals surface area contributed by atoms with Gasteiger partial charge in [-0.2, -0.15) is 0 Å². The number of benzene rings is 1. The van der Waals surface area contributed by atoms with Gasteiger partial charge in [-0.3, -0.25) is 10.1 Å². The predicted octanol–water partition coefficient (Wildman–Crippen LogP) is 5.67. The highest BCUT2D eigenvalue weighted by molar-refractivity contribution is 7.13. The molecule has 0 aliphatic heterocycles. The van der Waals surface area contributed by atoms with Gasteiger partial charge in [0.2, 0.25) is 0 Å². The Hall–Kier alpha value is -2.90. The minimum Gasteiger partial charge on any atom is -0.307 e. The summed E-state index contributed by atoms with van der Waals surface area (Å²) in [6.07, 6.45) is 3.35. The van der Waals surface area contributed by atoms with Crippen molar-refractivity contribution >= 4 is 34.0 Å². The zero-order chi connectivity index (χ0) is 19.6. The average Bonchev–Trinajstić information content (AvgIpc) is 3.08. The summed E-state index contributed by atoms with van der Waals surface area (Å²) in [6.45, 7) is 4.13. The molecule has 2 N–H and O–H groups in total. The van der Waals surface area contributed by atoms with Gasteiger partial charge in [-0.15, -0.1) is 11.3 Å². The van der Waals surface area contributed by atoms with Crippen LogP contribution < -0.4 is 10.6 Å². The van der Waals surface area contributed by atoms with E-state index in [0.717, 1.165) is 24.8 Å². The van der Waals surface area contributed by atoms with E-state index in [1.54, 1.807) is 17.5 Å². The lowest BCUT2D eigenvalue weighted by Gasteiger charge is -2.11. The Kier molecular flexibility index (Phi) is 7.79. The highest BCUT2D eigenvalue weighted by Crippen LogP contribution is 2.22. The summed E-state index contributed by atoms with van der Waals surface area (Å²) >= 11 is 1.23. The maximum Gasteiger partial charge on any atom is 0.325 e. The molecule has 1 aromatic heterocycles. The van der Waals surface area contributed by atoms with Crippen LogP contribution in [0, 0.1) is 6.92 Å². The second kappa shape index (κ2) is 10.3. The fraction of sp³-hybridized carbons (Fsp3) is 0.389. The number of ketones is 1. The fourth-order valence-corrected chi connectivity index (χ4v) is 3.16. The lowest BCUT2D eigenvalue weighted by molar-refractivity contribution is 0.0980. The SMILES string of the molecule is CCCCCC(=O)c1cc(C)ccc1NC(=O)Nc1nc(CN=[N+]=[N-])cs1. The van der Waals surface area contributed by atoms with Crippen molar-refractivity contribution in [1.82, 2.24) is 4.98 Å². The summed E-state index contributed by atoms with van der Waals surface area (Å²) in [5.41, 5.74) is 10.9. The number of hydrogen-bond acceptors (Lipinski definition) is 5. The van der Waals surface area contributed by atoms with Gasteiger partial charge in [0.1, 0.15) is 0 Å². The molecule has 1 aromatic carbocycles. The van der Waals surface area contributed by atoms with E-state index in [1.807, 2.05) is 13.0 Å². The molecule has 0 unspecified atom stereocenters. The van der Waals surface area contributed by atoms with E-state index in [2.05, 4.69) is 32.6 Å². The van der Waals surface area contributed by atoms with Crippen LogP contribution >= 0.6 is 11.3 Å². The normalized spacial score (nSPS) is 10.1. The van der Waals surface area contributed by atoms with Crippen LogP contribution in [0.25, 0.3) is 10.4 Å². The molecule has 9 heteroatoms. The minimum absolute atomic E-state index is 0.0216. The molecule has 142 valence electrons. The van der Waals surface area contributed by atoms with E-state index in [0.29, 0.717) is 28.5 Å². The summed E-state index contributed by atoms with van der Waals surface area (Å²) in [7, 11) is 0. The smallest absolute Gasteiger partial charge is 0.307 e. The second-order valence-electron chi connectivity index (χ2n) is 6.04. The Morgan fingerprint density at radius 2 is 2.11 bits per heavy atom. The average molecular weight is 386 g/mol. The lowest BCUT2D eigenvalue weighted by atomic mass is 10.0. The minimum atomic E-state index is -0.480. The van der Waals surface area contributed by atoms with Crippen LogP contribution in [0.1, 0.15) is 54.2 Å². The molecular formula is C18H22N6O2S. The van der Waals surface area contributed by atoms with Gasteiger partial charge < -0.3 is 5.32 Å². The third-order valence-corrected chi connectivity index (χ3v) is 4.61. The molecule has 0 radical (unpaired) electrons. The third kappa shape index (κ3) is 6.40. The Morgan fingerprint density at radius 3 is 2.85 bits per heavy atom. The number of carbonyl (C=O) groups is 2. The zero-order valence-corrected chi connectivity index (χ0v) is 16.2. The van der Waals surface area contributed by atoms with Crippen LogP contribution in [0.5, 0.6) is 0 Å². The Balaban J connectivity index is 2.05. The van der Waals surface area contributed by atoms with Crippen LogP contribution in [-0.4, -0.2) is 16.8 Å². The maximum absolute atomic E-state index is 12.5. The molecule has 0 spiro atoms. The fourth-order valence-electron chi connectivity index (χ4n) is 2.46. The molecule has 0 saturated carbocycles. The van der Waals surface area contributed by atoms with Crippen LogP contribution in [0.2, 0.25) is 0 Å². The van der Waals surface area contributed by atoms with E-state index in [1.165, 1.54) is 11.3 Å². The second-order valence-corrected chi connectivity index (χ2v) is 6.90. The van der Waals surface area contributed by atoms with Crippen molar-refractivity contribution in [3.63, 3.8) is 0 Å². The van der Waals surface area contributed by atoms with Gasteiger partial charge in [0.25, 0.3) is 0 Å². The number of aryl methyl sites for hydroxylation is 1. The number of amides is 2. The van der Waals surface area contributed by atoms with Gasteiger partial charge in [-0.25, -0.2) is 9.78 Å². The van der Waals surface area contributed by atoms with Gasteiger partial charge in [0.15, 0.2) is 10.9 Å². The first-order chi connectivity index (χ1) is 13.0. The molecule has 1 heterocycles. The van der Waals surface area contributed by atoms with Crippen molar-refractivity contribution < 1.29 is 9.59 Å².